The number of carbonyl (C=O) groups excluding carboxylic acids is 1. The van der Waals surface area contributed by atoms with Crippen molar-refractivity contribution in [3.63, 3.8) is 0 Å². The maximum Gasteiger partial charge on any atom is 0.223 e. The van der Waals surface area contributed by atoms with Crippen LogP contribution >= 0.6 is 0 Å². The highest BCUT2D eigenvalue weighted by Crippen LogP contribution is 2.25. The molecule has 1 aromatic carbocycles. The second kappa shape index (κ2) is 5.15. The summed E-state index contributed by atoms with van der Waals surface area (Å²) in [5.74, 6) is 1.25. The molecule has 0 aliphatic heterocycles. The lowest BCUT2D eigenvalue weighted by Gasteiger charge is -2.19. The number of hydrogen-bond acceptors (Lipinski definition) is 1. The van der Waals surface area contributed by atoms with Gasteiger partial charge in [-0.25, -0.2) is 0 Å². The second-order valence-corrected chi connectivity index (χ2v) is 4.70. The Hall–Kier alpha value is -1.31. The molecule has 0 aliphatic carbocycles. The van der Waals surface area contributed by atoms with Crippen LogP contribution < -0.4 is 4.90 Å². The van der Waals surface area contributed by atoms with Crippen LogP contribution in [0, 0.1) is 5.92 Å². The van der Waals surface area contributed by atoms with Gasteiger partial charge in [0.1, 0.15) is 0 Å². The topological polar surface area (TPSA) is 20.3 Å². The molecule has 1 rings (SSSR count). The van der Waals surface area contributed by atoms with Crippen molar-refractivity contribution in [3.8, 4) is 0 Å². The molecule has 0 fully saturated rings. The van der Waals surface area contributed by atoms with Crippen LogP contribution in [0.2, 0.25) is 0 Å². The summed E-state index contributed by atoms with van der Waals surface area (Å²) < 4.78 is 0. The van der Waals surface area contributed by atoms with Gasteiger partial charge in [0.25, 0.3) is 0 Å². The SMILES string of the molecule is CC(=O)N(C)c1ccc(C(C)C(C)C)cc1. The third-order valence-electron chi connectivity index (χ3n) is 3.28. The van der Waals surface area contributed by atoms with Gasteiger partial charge < -0.3 is 4.90 Å². The Bertz CT molecular complexity index is 354. The lowest BCUT2D eigenvalue weighted by molar-refractivity contribution is -0.116. The fraction of sp³-hybridized carbons (Fsp3) is 0.500. The van der Waals surface area contributed by atoms with Gasteiger partial charge in [-0.15, -0.1) is 0 Å². The van der Waals surface area contributed by atoms with Crippen molar-refractivity contribution in [1.29, 1.82) is 0 Å². The van der Waals surface area contributed by atoms with Gasteiger partial charge in [-0.3, -0.25) is 4.79 Å². The van der Waals surface area contributed by atoms with Crippen LogP contribution in [0.4, 0.5) is 5.69 Å². The van der Waals surface area contributed by atoms with Crippen molar-refractivity contribution < 1.29 is 4.79 Å². The van der Waals surface area contributed by atoms with Crippen LogP contribution in [0.25, 0.3) is 0 Å². The van der Waals surface area contributed by atoms with Gasteiger partial charge in [0.05, 0.1) is 0 Å². The van der Waals surface area contributed by atoms with Crippen LogP contribution in [0.15, 0.2) is 24.3 Å². The zero-order valence-electron chi connectivity index (χ0n) is 10.8. The normalized spacial score (nSPS) is 12.6. The first-order valence-electron chi connectivity index (χ1n) is 5.77. The highest BCUT2D eigenvalue weighted by molar-refractivity contribution is 5.90. The highest BCUT2D eigenvalue weighted by Gasteiger charge is 2.10. The van der Waals surface area contributed by atoms with Gasteiger partial charge in [0, 0.05) is 19.7 Å². The van der Waals surface area contributed by atoms with Crippen LogP contribution in [-0.4, -0.2) is 13.0 Å². The van der Waals surface area contributed by atoms with Gasteiger partial charge in [-0.1, -0.05) is 32.9 Å². The zero-order chi connectivity index (χ0) is 12.3. The molecule has 2 heteroatoms. The van der Waals surface area contributed by atoms with Crippen molar-refractivity contribution in [2.45, 2.75) is 33.6 Å². The molecule has 0 bridgehead atoms. The lowest BCUT2D eigenvalue weighted by Crippen LogP contribution is -2.22. The molecule has 1 atom stereocenters. The summed E-state index contributed by atoms with van der Waals surface area (Å²) in [7, 11) is 1.79. The van der Waals surface area contributed by atoms with E-state index in [4.69, 9.17) is 0 Å². The molecule has 0 radical (unpaired) electrons. The summed E-state index contributed by atoms with van der Waals surface area (Å²) in [6, 6.07) is 8.24. The van der Waals surface area contributed by atoms with E-state index in [2.05, 4.69) is 32.9 Å². The zero-order valence-corrected chi connectivity index (χ0v) is 10.8. The summed E-state index contributed by atoms with van der Waals surface area (Å²) in [6.07, 6.45) is 0. The number of rotatable bonds is 3. The van der Waals surface area contributed by atoms with E-state index >= 15 is 0 Å². The van der Waals surface area contributed by atoms with Crippen molar-refractivity contribution in [1.82, 2.24) is 0 Å². The van der Waals surface area contributed by atoms with Gasteiger partial charge in [-0.05, 0) is 29.5 Å². The first-order valence-corrected chi connectivity index (χ1v) is 5.77. The molecular formula is C14H21NO. The van der Waals surface area contributed by atoms with Crippen molar-refractivity contribution >= 4 is 11.6 Å². The highest BCUT2D eigenvalue weighted by atomic mass is 16.2. The monoisotopic (exact) mass is 219 g/mol. The van der Waals surface area contributed by atoms with Crippen LogP contribution in [0.5, 0.6) is 0 Å². The Kier molecular flexibility index (Phi) is 4.11. The summed E-state index contributed by atoms with van der Waals surface area (Å²) in [5.41, 5.74) is 2.28. The summed E-state index contributed by atoms with van der Waals surface area (Å²) in [4.78, 5) is 12.9. The van der Waals surface area contributed by atoms with E-state index in [9.17, 15) is 4.79 Å². The van der Waals surface area contributed by atoms with Crippen molar-refractivity contribution in [2.24, 2.45) is 5.92 Å². The van der Waals surface area contributed by atoms with E-state index in [0.717, 1.165) is 5.69 Å². The Morgan fingerprint density at radius 2 is 1.62 bits per heavy atom. The molecule has 0 N–H and O–H groups in total. The second-order valence-electron chi connectivity index (χ2n) is 4.70. The number of benzene rings is 1. The fourth-order valence-electron chi connectivity index (χ4n) is 1.57. The molecule has 0 saturated carbocycles. The number of amides is 1. The Balaban J connectivity index is 2.87. The van der Waals surface area contributed by atoms with Crippen LogP contribution in [0.3, 0.4) is 0 Å². The van der Waals surface area contributed by atoms with E-state index in [-0.39, 0.29) is 5.91 Å². The van der Waals surface area contributed by atoms with Crippen LogP contribution in [0.1, 0.15) is 39.2 Å². The molecule has 2 nitrogen and oxygen atoms in total. The third-order valence-corrected chi connectivity index (χ3v) is 3.28. The average molecular weight is 219 g/mol. The molecule has 1 unspecified atom stereocenters. The fourth-order valence-corrected chi connectivity index (χ4v) is 1.57. The molecule has 1 aromatic rings. The molecule has 16 heavy (non-hydrogen) atoms. The average Bonchev–Trinajstić information content (AvgIpc) is 2.27. The van der Waals surface area contributed by atoms with E-state index in [1.807, 2.05) is 12.1 Å². The molecular weight excluding hydrogens is 198 g/mol. The van der Waals surface area contributed by atoms with E-state index in [1.165, 1.54) is 5.56 Å². The first kappa shape index (κ1) is 12.8. The Morgan fingerprint density at radius 3 is 2.00 bits per heavy atom. The number of carbonyl (C=O) groups is 1. The Morgan fingerprint density at radius 1 is 1.12 bits per heavy atom. The van der Waals surface area contributed by atoms with E-state index in [0.29, 0.717) is 11.8 Å². The number of nitrogens with zero attached hydrogens (tertiary/aromatic N) is 1. The van der Waals surface area contributed by atoms with Crippen molar-refractivity contribution in [2.75, 3.05) is 11.9 Å². The summed E-state index contributed by atoms with van der Waals surface area (Å²) in [5, 5.41) is 0. The molecule has 0 spiro atoms. The minimum Gasteiger partial charge on any atom is -0.316 e. The van der Waals surface area contributed by atoms with Crippen LogP contribution in [-0.2, 0) is 4.79 Å². The lowest BCUT2D eigenvalue weighted by atomic mass is 9.90. The number of anilines is 1. The Labute approximate surface area is 98.3 Å². The molecule has 1 amide bonds. The molecule has 88 valence electrons. The standard InChI is InChI=1S/C14H21NO/c1-10(2)11(3)13-6-8-14(9-7-13)15(5)12(4)16/h6-11H,1-5H3. The summed E-state index contributed by atoms with van der Waals surface area (Å²) >= 11 is 0. The minimum atomic E-state index is 0.0599. The molecule has 0 aromatic heterocycles. The van der Waals surface area contributed by atoms with Crippen molar-refractivity contribution in [3.05, 3.63) is 29.8 Å². The molecule has 0 aliphatic rings. The predicted octanol–water partition coefficient (Wildman–Crippen LogP) is 3.43. The molecule has 0 heterocycles. The third kappa shape index (κ3) is 2.84. The van der Waals surface area contributed by atoms with Gasteiger partial charge in [-0.2, -0.15) is 0 Å². The van der Waals surface area contributed by atoms with Gasteiger partial charge in [0.15, 0.2) is 0 Å². The predicted molar refractivity (Wildman–Crippen MR) is 68.8 cm³/mol. The molecule has 0 saturated heterocycles. The maximum absolute atomic E-state index is 11.2. The first-order chi connectivity index (χ1) is 7.43. The van der Waals surface area contributed by atoms with E-state index in [1.54, 1.807) is 18.9 Å². The summed E-state index contributed by atoms with van der Waals surface area (Å²) in [6.45, 7) is 8.25. The van der Waals surface area contributed by atoms with E-state index < -0.39 is 0 Å². The smallest absolute Gasteiger partial charge is 0.223 e. The quantitative estimate of drug-likeness (QED) is 0.762. The largest absolute Gasteiger partial charge is 0.316 e. The van der Waals surface area contributed by atoms with Gasteiger partial charge in [0.2, 0.25) is 5.91 Å². The maximum atomic E-state index is 11.2. The minimum absolute atomic E-state index is 0.0599. The number of hydrogen-bond donors (Lipinski definition) is 0. The van der Waals surface area contributed by atoms with Gasteiger partial charge >= 0.3 is 0 Å².